The number of halogens is 1. The Labute approximate surface area is 164 Å². The van der Waals surface area contributed by atoms with Crippen LogP contribution in [0.2, 0.25) is 5.02 Å². The molecule has 1 N–H and O–H groups in total. The summed E-state index contributed by atoms with van der Waals surface area (Å²) in [5.74, 6) is 1.30. The predicted octanol–water partition coefficient (Wildman–Crippen LogP) is 4.25. The Kier molecular flexibility index (Phi) is 4.99. The van der Waals surface area contributed by atoms with Crippen LogP contribution in [0, 0.1) is 0 Å². The first-order valence-electron chi connectivity index (χ1n) is 8.09. The number of hydrogen-bond donors (Lipinski definition) is 1. The number of tetrazole rings is 1. The molecule has 7 nitrogen and oxygen atoms in total. The van der Waals surface area contributed by atoms with Gasteiger partial charge in [-0.2, -0.15) is 4.80 Å². The van der Waals surface area contributed by atoms with E-state index in [0.717, 1.165) is 27.8 Å². The van der Waals surface area contributed by atoms with E-state index in [0.29, 0.717) is 17.4 Å². The summed E-state index contributed by atoms with van der Waals surface area (Å²) < 4.78 is 5.16. The van der Waals surface area contributed by atoms with Gasteiger partial charge in [0.25, 0.3) is 0 Å². The highest BCUT2D eigenvalue weighted by atomic mass is 35.5. The van der Waals surface area contributed by atoms with E-state index < -0.39 is 0 Å². The van der Waals surface area contributed by atoms with Gasteiger partial charge in [-0.25, -0.2) is 4.98 Å². The Morgan fingerprint density at radius 3 is 2.74 bits per heavy atom. The smallest absolute Gasteiger partial charge is 0.206 e. The van der Waals surface area contributed by atoms with Crippen LogP contribution in [-0.2, 0) is 6.54 Å². The van der Waals surface area contributed by atoms with Gasteiger partial charge in [0, 0.05) is 16.6 Å². The van der Waals surface area contributed by atoms with E-state index in [4.69, 9.17) is 16.3 Å². The van der Waals surface area contributed by atoms with Crippen LogP contribution >= 0.6 is 22.9 Å². The van der Waals surface area contributed by atoms with Gasteiger partial charge in [0.05, 0.1) is 17.8 Å². The molecule has 0 atom stereocenters. The minimum Gasteiger partial charge on any atom is -0.497 e. The highest BCUT2D eigenvalue weighted by Gasteiger charge is 2.11. The molecule has 0 spiro atoms. The quantitative estimate of drug-likeness (QED) is 0.523. The maximum absolute atomic E-state index is 6.18. The van der Waals surface area contributed by atoms with Crippen molar-refractivity contribution < 1.29 is 4.74 Å². The van der Waals surface area contributed by atoms with Crippen LogP contribution in [-0.4, -0.2) is 32.3 Å². The zero-order valence-electron chi connectivity index (χ0n) is 14.3. The lowest BCUT2D eigenvalue weighted by Gasteiger charge is -2.03. The number of hydrogen-bond acceptors (Lipinski definition) is 7. The molecule has 136 valence electrons. The molecular weight excluding hydrogens is 384 g/mol. The minimum atomic E-state index is 0.429. The maximum Gasteiger partial charge on any atom is 0.206 e. The Balaban J connectivity index is 1.44. The second-order valence-electron chi connectivity index (χ2n) is 5.62. The number of anilines is 2. The third-order valence-electron chi connectivity index (χ3n) is 3.76. The molecule has 4 aromatic rings. The fourth-order valence-electron chi connectivity index (χ4n) is 2.44. The average molecular weight is 399 g/mol. The van der Waals surface area contributed by atoms with Gasteiger partial charge in [-0.15, -0.1) is 21.5 Å². The molecule has 2 aromatic carbocycles. The van der Waals surface area contributed by atoms with Crippen LogP contribution in [0.25, 0.3) is 11.4 Å². The largest absolute Gasteiger partial charge is 0.497 e. The minimum absolute atomic E-state index is 0.429. The SMILES string of the molecule is COc1ccc(Nc2nc(Cn3nnc(-c4ccccc4Cl)n3)cs2)cc1. The van der Waals surface area contributed by atoms with Crippen LogP contribution in [0.1, 0.15) is 5.69 Å². The topological polar surface area (TPSA) is 77.8 Å². The molecule has 0 radical (unpaired) electrons. The Hall–Kier alpha value is -2.97. The summed E-state index contributed by atoms with van der Waals surface area (Å²) in [6.07, 6.45) is 0. The number of aromatic nitrogens is 5. The molecule has 2 heterocycles. The number of ether oxygens (including phenoxy) is 1. The molecule has 0 amide bonds. The van der Waals surface area contributed by atoms with E-state index in [2.05, 4.69) is 25.7 Å². The van der Waals surface area contributed by atoms with E-state index in [1.54, 1.807) is 13.2 Å². The first-order valence-corrected chi connectivity index (χ1v) is 9.35. The summed E-state index contributed by atoms with van der Waals surface area (Å²) in [5, 5.41) is 19.2. The summed E-state index contributed by atoms with van der Waals surface area (Å²) in [7, 11) is 1.64. The number of benzene rings is 2. The van der Waals surface area contributed by atoms with Crippen molar-refractivity contribution in [3.05, 3.63) is 64.6 Å². The van der Waals surface area contributed by atoms with Crippen LogP contribution < -0.4 is 10.1 Å². The molecule has 0 aliphatic rings. The van der Waals surface area contributed by atoms with Gasteiger partial charge >= 0.3 is 0 Å². The number of rotatable bonds is 6. The van der Waals surface area contributed by atoms with Gasteiger partial charge in [0.1, 0.15) is 12.3 Å². The van der Waals surface area contributed by atoms with Crippen LogP contribution in [0.4, 0.5) is 10.8 Å². The third kappa shape index (κ3) is 4.07. The first kappa shape index (κ1) is 17.4. The lowest BCUT2D eigenvalue weighted by molar-refractivity contribution is 0.415. The highest BCUT2D eigenvalue weighted by Crippen LogP contribution is 2.25. The van der Waals surface area contributed by atoms with Crippen LogP contribution in [0.5, 0.6) is 5.75 Å². The second kappa shape index (κ2) is 7.73. The molecule has 0 saturated carbocycles. The Morgan fingerprint density at radius 2 is 1.96 bits per heavy atom. The Bertz CT molecular complexity index is 1050. The van der Waals surface area contributed by atoms with E-state index in [1.165, 1.54) is 16.1 Å². The number of nitrogens with zero attached hydrogens (tertiary/aromatic N) is 5. The van der Waals surface area contributed by atoms with Crippen LogP contribution in [0.3, 0.4) is 0 Å². The molecule has 9 heteroatoms. The molecule has 2 aromatic heterocycles. The molecule has 0 unspecified atom stereocenters. The van der Waals surface area contributed by atoms with Gasteiger partial charge in [-0.05, 0) is 41.6 Å². The lowest BCUT2D eigenvalue weighted by atomic mass is 10.2. The van der Waals surface area contributed by atoms with Crippen molar-refractivity contribution in [1.29, 1.82) is 0 Å². The second-order valence-corrected chi connectivity index (χ2v) is 6.89. The van der Waals surface area contributed by atoms with E-state index >= 15 is 0 Å². The number of thiazole rings is 1. The van der Waals surface area contributed by atoms with Crippen molar-refractivity contribution in [3.63, 3.8) is 0 Å². The van der Waals surface area contributed by atoms with E-state index in [9.17, 15) is 0 Å². The lowest BCUT2D eigenvalue weighted by Crippen LogP contribution is -2.04. The summed E-state index contributed by atoms with van der Waals surface area (Å²) in [6.45, 7) is 0.429. The standard InChI is InChI=1S/C18H15ClN6OS/c1-26-14-8-6-12(7-9-14)20-18-21-13(11-27-18)10-25-23-17(22-24-25)15-4-2-3-5-16(15)19/h2-9,11H,10H2,1H3,(H,20,21). The van der Waals surface area contributed by atoms with E-state index in [1.807, 2.05) is 47.8 Å². The Morgan fingerprint density at radius 1 is 1.15 bits per heavy atom. The summed E-state index contributed by atoms with van der Waals surface area (Å²) >= 11 is 7.70. The van der Waals surface area contributed by atoms with Crippen molar-refractivity contribution in [2.45, 2.75) is 6.54 Å². The fraction of sp³-hybridized carbons (Fsp3) is 0.111. The van der Waals surface area contributed by atoms with Crippen molar-refractivity contribution in [3.8, 4) is 17.1 Å². The summed E-state index contributed by atoms with van der Waals surface area (Å²) in [6, 6.07) is 15.1. The number of nitrogens with one attached hydrogen (secondary N) is 1. The maximum atomic E-state index is 6.18. The monoisotopic (exact) mass is 398 g/mol. The van der Waals surface area contributed by atoms with E-state index in [-0.39, 0.29) is 0 Å². The van der Waals surface area contributed by atoms with Crippen molar-refractivity contribution >= 4 is 33.8 Å². The average Bonchev–Trinajstić information content (AvgIpc) is 3.33. The number of methoxy groups -OCH3 is 1. The van der Waals surface area contributed by atoms with Gasteiger partial charge < -0.3 is 10.1 Å². The van der Waals surface area contributed by atoms with Crippen molar-refractivity contribution in [1.82, 2.24) is 25.2 Å². The summed E-state index contributed by atoms with van der Waals surface area (Å²) in [4.78, 5) is 6.07. The van der Waals surface area contributed by atoms with Gasteiger partial charge in [-0.3, -0.25) is 0 Å². The highest BCUT2D eigenvalue weighted by molar-refractivity contribution is 7.13. The normalized spacial score (nSPS) is 10.7. The first-order chi connectivity index (χ1) is 13.2. The van der Waals surface area contributed by atoms with Gasteiger partial charge in [0.15, 0.2) is 5.13 Å². The molecule has 0 bridgehead atoms. The van der Waals surface area contributed by atoms with Crippen LogP contribution in [0.15, 0.2) is 53.9 Å². The molecule has 0 aliphatic heterocycles. The third-order valence-corrected chi connectivity index (χ3v) is 4.90. The molecule has 27 heavy (non-hydrogen) atoms. The molecular formula is C18H15ClN6OS. The predicted molar refractivity (Wildman–Crippen MR) is 106 cm³/mol. The van der Waals surface area contributed by atoms with Crippen molar-refractivity contribution in [2.24, 2.45) is 0 Å². The molecule has 0 saturated heterocycles. The van der Waals surface area contributed by atoms with Gasteiger partial charge in [-0.1, -0.05) is 23.7 Å². The zero-order valence-corrected chi connectivity index (χ0v) is 15.9. The van der Waals surface area contributed by atoms with Crippen molar-refractivity contribution in [2.75, 3.05) is 12.4 Å². The molecule has 0 fully saturated rings. The molecule has 4 rings (SSSR count). The zero-order chi connectivity index (χ0) is 18.6. The fourth-order valence-corrected chi connectivity index (χ4v) is 3.38. The van der Waals surface area contributed by atoms with Gasteiger partial charge in [0.2, 0.25) is 5.82 Å². The molecule has 0 aliphatic carbocycles. The summed E-state index contributed by atoms with van der Waals surface area (Å²) in [5.41, 5.74) is 2.54.